The molecule has 4 nitrogen and oxygen atoms in total. The van der Waals surface area contributed by atoms with E-state index in [9.17, 15) is 9.18 Å². The number of fused-ring (bicyclic) bond motifs is 5. The highest BCUT2D eigenvalue weighted by molar-refractivity contribution is 5.79. The molecule has 0 aromatic heterocycles. The van der Waals surface area contributed by atoms with E-state index in [4.69, 9.17) is 9.47 Å². The molecular weight excluding hydrogens is 429 g/mol. The van der Waals surface area contributed by atoms with Gasteiger partial charge in [-0.3, -0.25) is 4.90 Å². The van der Waals surface area contributed by atoms with E-state index in [1.165, 1.54) is 29.4 Å². The third-order valence-electron chi connectivity index (χ3n) is 7.47. The molecule has 0 radical (unpaired) electrons. The molecule has 1 aliphatic carbocycles. The minimum Gasteiger partial charge on any atom is -0.494 e. The number of hydrogen-bond donors (Lipinski definition) is 0. The van der Waals surface area contributed by atoms with Crippen molar-refractivity contribution in [2.75, 3.05) is 13.7 Å². The van der Waals surface area contributed by atoms with E-state index in [-0.39, 0.29) is 35.7 Å². The van der Waals surface area contributed by atoms with Gasteiger partial charge in [-0.15, -0.1) is 0 Å². The first kappa shape index (κ1) is 21.0. The van der Waals surface area contributed by atoms with Crippen LogP contribution in [0.3, 0.4) is 0 Å². The number of benzene rings is 3. The van der Waals surface area contributed by atoms with Gasteiger partial charge in [-0.25, -0.2) is 9.18 Å². The van der Waals surface area contributed by atoms with E-state index in [2.05, 4.69) is 24.3 Å². The van der Waals surface area contributed by atoms with Crippen LogP contribution in [0.2, 0.25) is 0 Å². The Hall–Kier alpha value is -3.60. The number of carbonyl (C=O) groups is 1. The van der Waals surface area contributed by atoms with Crippen LogP contribution in [0.4, 0.5) is 9.18 Å². The summed E-state index contributed by atoms with van der Waals surface area (Å²) >= 11 is 0. The van der Waals surface area contributed by atoms with Crippen LogP contribution in [-0.2, 0) is 4.74 Å². The largest absolute Gasteiger partial charge is 0.494 e. The van der Waals surface area contributed by atoms with Crippen LogP contribution in [0, 0.1) is 5.82 Å². The fraction of sp³-hybridized carbons (Fsp3) is 0.276. The molecule has 2 bridgehead atoms. The average molecular weight is 456 g/mol. The average Bonchev–Trinajstić information content (AvgIpc) is 3.33. The SMILES string of the molecule is COc1cccc(C2=CC3CCC(C2)N3C(=O)OCC2c3ccccc3-c3ccccc32)c1F. The topological polar surface area (TPSA) is 38.8 Å². The fourth-order valence-corrected chi connectivity index (χ4v) is 5.90. The van der Waals surface area contributed by atoms with Gasteiger partial charge in [-0.05, 0) is 53.2 Å². The molecule has 5 heteroatoms. The molecule has 172 valence electrons. The van der Waals surface area contributed by atoms with Gasteiger partial charge in [0.25, 0.3) is 0 Å². The van der Waals surface area contributed by atoms with Gasteiger partial charge in [-0.1, -0.05) is 66.7 Å². The monoisotopic (exact) mass is 455 g/mol. The lowest BCUT2D eigenvalue weighted by molar-refractivity contribution is 0.0866. The number of nitrogens with zero attached hydrogens (tertiary/aromatic N) is 1. The van der Waals surface area contributed by atoms with Crippen LogP contribution in [-0.4, -0.2) is 36.8 Å². The van der Waals surface area contributed by atoms with E-state index in [1.54, 1.807) is 18.2 Å². The van der Waals surface area contributed by atoms with Gasteiger partial charge in [0.15, 0.2) is 11.6 Å². The molecule has 3 aromatic carbocycles. The Balaban J connectivity index is 1.21. The Labute approximate surface area is 198 Å². The summed E-state index contributed by atoms with van der Waals surface area (Å²) in [6, 6.07) is 21.8. The van der Waals surface area contributed by atoms with Crippen molar-refractivity contribution in [3.8, 4) is 16.9 Å². The number of hydrogen-bond acceptors (Lipinski definition) is 3. The van der Waals surface area contributed by atoms with Crippen LogP contribution in [0.15, 0.2) is 72.8 Å². The van der Waals surface area contributed by atoms with Gasteiger partial charge in [0.1, 0.15) is 6.61 Å². The van der Waals surface area contributed by atoms with Gasteiger partial charge < -0.3 is 9.47 Å². The molecule has 6 rings (SSSR count). The highest BCUT2D eigenvalue weighted by atomic mass is 19.1. The van der Waals surface area contributed by atoms with Crippen LogP contribution in [0.1, 0.15) is 41.9 Å². The standard InChI is InChI=1S/C29H26FNO3/c1-33-27-12-6-11-21(28(27)30)18-15-19-13-14-20(16-18)31(19)29(32)34-17-26-24-9-4-2-7-22(24)23-8-3-5-10-25(23)26/h2-12,15,19-20,26H,13-14,16-17H2,1H3. The first-order chi connectivity index (χ1) is 16.7. The molecule has 0 N–H and O–H groups in total. The molecule has 1 amide bonds. The predicted molar refractivity (Wildman–Crippen MR) is 129 cm³/mol. The second-order valence-electron chi connectivity index (χ2n) is 9.23. The van der Waals surface area contributed by atoms with Crippen LogP contribution >= 0.6 is 0 Å². The number of rotatable bonds is 4. The number of carbonyl (C=O) groups excluding carboxylic acids is 1. The molecule has 3 aliphatic rings. The van der Waals surface area contributed by atoms with E-state index in [1.807, 2.05) is 35.2 Å². The maximum absolute atomic E-state index is 14.9. The molecule has 2 aliphatic heterocycles. The van der Waals surface area contributed by atoms with Gasteiger partial charge >= 0.3 is 6.09 Å². The highest BCUT2D eigenvalue weighted by Crippen LogP contribution is 2.45. The first-order valence-electron chi connectivity index (χ1n) is 11.8. The van der Waals surface area contributed by atoms with Crippen molar-refractivity contribution in [3.05, 3.63) is 95.3 Å². The maximum atomic E-state index is 14.9. The first-order valence-corrected chi connectivity index (χ1v) is 11.8. The molecule has 2 heterocycles. The lowest BCUT2D eigenvalue weighted by atomic mass is 9.94. The van der Waals surface area contributed by atoms with Crippen LogP contribution < -0.4 is 4.74 Å². The van der Waals surface area contributed by atoms with E-state index in [0.29, 0.717) is 18.6 Å². The minimum atomic E-state index is -0.342. The Bertz CT molecular complexity index is 1250. The van der Waals surface area contributed by atoms with Gasteiger partial charge in [-0.2, -0.15) is 0 Å². The van der Waals surface area contributed by atoms with Gasteiger partial charge in [0, 0.05) is 17.5 Å². The zero-order valence-electron chi connectivity index (χ0n) is 19.0. The second-order valence-corrected chi connectivity index (χ2v) is 9.23. The second kappa shape index (κ2) is 8.32. The summed E-state index contributed by atoms with van der Waals surface area (Å²) in [4.78, 5) is 15.1. The van der Waals surface area contributed by atoms with Gasteiger partial charge in [0.2, 0.25) is 0 Å². The number of halogens is 1. The number of methoxy groups -OCH3 is 1. The van der Waals surface area contributed by atoms with Crippen molar-refractivity contribution in [1.82, 2.24) is 4.90 Å². The molecule has 3 aromatic rings. The van der Waals surface area contributed by atoms with Crippen molar-refractivity contribution < 1.29 is 18.7 Å². The third kappa shape index (κ3) is 3.30. The van der Waals surface area contributed by atoms with Crippen molar-refractivity contribution >= 4 is 11.7 Å². The summed E-state index contributed by atoms with van der Waals surface area (Å²) in [5.74, 6) is -0.0641. The Kier molecular flexibility index (Phi) is 5.13. The third-order valence-corrected chi connectivity index (χ3v) is 7.47. The van der Waals surface area contributed by atoms with Crippen LogP contribution in [0.25, 0.3) is 16.7 Å². The molecule has 2 atom stereocenters. The summed E-state index contributed by atoms with van der Waals surface area (Å²) in [5.41, 5.74) is 6.33. The summed E-state index contributed by atoms with van der Waals surface area (Å²) in [5, 5.41) is 0. The number of ether oxygens (including phenoxy) is 2. The van der Waals surface area contributed by atoms with Crippen molar-refractivity contribution in [2.45, 2.75) is 37.3 Å². The molecule has 34 heavy (non-hydrogen) atoms. The fourth-order valence-electron chi connectivity index (χ4n) is 5.90. The maximum Gasteiger partial charge on any atom is 0.410 e. The normalized spacial score (nSPS) is 20.5. The summed E-state index contributed by atoms with van der Waals surface area (Å²) in [7, 11) is 1.47. The number of amides is 1. The van der Waals surface area contributed by atoms with Crippen molar-refractivity contribution in [1.29, 1.82) is 0 Å². The zero-order chi connectivity index (χ0) is 23.2. The summed E-state index contributed by atoms with van der Waals surface area (Å²) < 4.78 is 25.9. The molecule has 0 saturated carbocycles. The Morgan fingerprint density at radius 1 is 0.941 bits per heavy atom. The predicted octanol–water partition coefficient (Wildman–Crippen LogP) is 6.40. The molecule has 2 unspecified atom stereocenters. The van der Waals surface area contributed by atoms with Crippen molar-refractivity contribution in [3.63, 3.8) is 0 Å². The van der Waals surface area contributed by atoms with E-state index >= 15 is 0 Å². The van der Waals surface area contributed by atoms with Crippen LogP contribution in [0.5, 0.6) is 5.75 Å². The lowest BCUT2D eigenvalue weighted by Gasteiger charge is -2.33. The van der Waals surface area contributed by atoms with Gasteiger partial charge in [0.05, 0.1) is 13.2 Å². The summed E-state index contributed by atoms with van der Waals surface area (Å²) in [6.07, 6.45) is 4.12. The zero-order valence-corrected chi connectivity index (χ0v) is 19.0. The summed E-state index contributed by atoms with van der Waals surface area (Å²) in [6.45, 7) is 0.309. The minimum absolute atomic E-state index is 0.0197. The highest BCUT2D eigenvalue weighted by Gasteiger charge is 2.41. The van der Waals surface area contributed by atoms with E-state index < -0.39 is 0 Å². The van der Waals surface area contributed by atoms with Crippen molar-refractivity contribution in [2.24, 2.45) is 0 Å². The lowest BCUT2D eigenvalue weighted by Crippen LogP contribution is -2.43. The molecule has 1 fully saturated rings. The molecular formula is C29H26FNO3. The smallest absolute Gasteiger partial charge is 0.410 e. The molecule has 1 saturated heterocycles. The Morgan fingerprint density at radius 3 is 2.29 bits per heavy atom. The van der Waals surface area contributed by atoms with E-state index in [0.717, 1.165) is 18.4 Å². The molecule has 0 spiro atoms. The quantitative estimate of drug-likeness (QED) is 0.457. The Morgan fingerprint density at radius 2 is 1.62 bits per heavy atom.